The van der Waals surface area contributed by atoms with Gasteiger partial charge in [0.2, 0.25) is 0 Å². The Balaban J connectivity index is 1.94. The van der Waals surface area contributed by atoms with Gasteiger partial charge in [0.15, 0.2) is 10.8 Å². The Bertz CT molecular complexity index is 576. The van der Waals surface area contributed by atoms with Gasteiger partial charge in [-0.25, -0.2) is 9.78 Å². The van der Waals surface area contributed by atoms with Crippen molar-refractivity contribution in [2.24, 2.45) is 0 Å². The summed E-state index contributed by atoms with van der Waals surface area (Å²) in [7, 11) is 1.35. The van der Waals surface area contributed by atoms with Gasteiger partial charge in [-0.2, -0.15) is 0 Å². The lowest BCUT2D eigenvalue weighted by molar-refractivity contribution is 0.0595. The lowest BCUT2D eigenvalue weighted by Crippen LogP contribution is -2.03. The maximum absolute atomic E-state index is 11.3. The van der Waals surface area contributed by atoms with E-state index in [1.54, 1.807) is 5.38 Å². The molecule has 0 unspecified atom stereocenters. The lowest BCUT2D eigenvalue weighted by Gasteiger charge is -2.07. The molecular formula is C15H18N2O2S. The summed E-state index contributed by atoms with van der Waals surface area (Å²) < 4.78 is 4.63. The van der Waals surface area contributed by atoms with Crippen LogP contribution < -0.4 is 5.32 Å². The van der Waals surface area contributed by atoms with Crippen molar-refractivity contribution in [3.05, 3.63) is 46.5 Å². The predicted octanol–water partition coefficient (Wildman–Crippen LogP) is 3.67. The van der Waals surface area contributed by atoms with E-state index in [1.165, 1.54) is 29.6 Å². The van der Waals surface area contributed by atoms with Crippen LogP contribution in [0.15, 0.2) is 29.6 Å². The molecule has 0 fully saturated rings. The second-order valence-electron chi connectivity index (χ2n) is 4.78. The number of carbonyl (C=O) groups is 1. The van der Waals surface area contributed by atoms with Crippen molar-refractivity contribution in [2.75, 3.05) is 12.4 Å². The van der Waals surface area contributed by atoms with E-state index in [2.05, 4.69) is 53.2 Å². The van der Waals surface area contributed by atoms with Crippen LogP contribution in [-0.2, 0) is 11.3 Å². The molecule has 1 aromatic carbocycles. The summed E-state index contributed by atoms with van der Waals surface area (Å²) in [5.74, 6) is 0.133. The molecule has 20 heavy (non-hydrogen) atoms. The number of methoxy groups -OCH3 is 1. The summed E-state index contributed by atoms with van der Waals surface area (Å²) in [5, 5.41) is 5.62. The van der Waals surface area contributed by atoms with Gasteiger partial charge in [0.1, 0.15) is 0 Å². The summed E-state index contributed by atoms with van der Waals surface area (Å²) >= 11 is 1.40. The highest BCUT2D eigenvalue weighted by atomic mass is 32.1. The highest BCUT2D eigenvalue weighted by Crippen LogP contribution is 2.18. The second-order valence-corrected chi connectivity index (χ2v) is 5.64. The number of ether oxygens (including phenoxy) is 1. The molecule has 0 aliphatic heterocycles. The van der Waals surface area contributed by atoms with E-state index >= 15 is 0 Å². The molecule has 0 amide bonds. The van der Waals surface area contributed by atoms with E-state index in [9.17, 15) is 4.79 Å². The zero-order valence-electron chi connectivity index (χ0n) is 11.8. The maximum Gasteiger partial charge on any atom is 0.357 e. The normalized spacial score (nSPS) is 10.6. The number of nitrogens with zero attached hydrogens (tertiary/aromatic N) is 1. The number of esters is 1. The number of hydrogen-bond acceptors (Lipinski definition) is 5. The first-order valence-electron chi connectivity index (χ1n) is 6.46. The first-order valence-corrected chi connectivity index (χ1v) is 7.34. The predicted molar refractivity (Wildman–Crippen MR) is 81.3 cm³/mol. The van der Waals surface area contributed by atoms with Gasteiger partial charge in [-0.3, -0.25) is 0 Å². The van der Waals surface area contributed by atoms with Gasteiger partial charge in [-0.1, -0.05) is 38.1 Å². The number of benzene rings is 1. The maximum atomic E-state index is 11.3. The van der Waals surface area contributed by atoms with Gasteiger partial charge in [-0.05, 0) is 17.0 Å². The molecule has 1 N–H and O–H groups in total. The molecule has 5 heteroatoms. The van der Waals surface area contributed by atoms with E-state index in [1.807, 2.05) is 0 Å². The van der Waals surface area contributed by atoms with Crippen LogP contribution >= 0.6 is 11.3 Å². The third kappa shape index (κ3) is 3.57. The fourth-order valence-corrected chi connectivity index (χ4v) is 2.43. The topological polar surface area (TPSA) is 51.2 Å². The van der Waals surface area contributed by atoms with E-state index < -0.39 is 5.97 Å². The number of hydrogen-bond donors (Lipinski definition) is 1. The van der Waals surface area contributed by atoms with Crippen LogP contribution in [0, 0.1) is 0 Å². The molecular weight excluding hydrogens is 272 g/mol. The Labute approximate surface area is 122 Å². The Morgan fingerprint density at radius 3 is 2.65 bits per heavy atom. The van der Waals surface area contributed by atoms with Crippen LogP contribution in [0.2, 0.25) is 0 Å². The van der Waals surface area contributed by atoms with Gasteiger partial charge in [-0.15, -0.1) is 11.3 Å². The minimum atomic E-state index is -0.407. The lowest BCUT2D eigenvalue weighted by atomic mass is 10.0. The monoisotopic (exact) mass is 290 g/mol. The van der Waals surface area contributed by atoms with Crippen molar-refractivity contribution >= 4 is 22.4 Å². The first-order chi connectivity index (χ1) is 9.60. The smallest absolute Gasteiger partial charge is 0.357 e. The molecule has 106 valence electrons. The number of thiazole rings is 1. The molecule has 0 bridgehead atoms. The number of rotatable bonds is 5. The number of carbonyl (C=O) groups excluding carboxylic acids is 1. The van der Waals surface area contributed by atoms with E-state index in [0.717, 1.165) is 5.13 Å². The Hall–Kier alpha value is -1.88. The molecule has 0 aliphatic carbocycles. The molecule has 0 saturated heterocycles. The highest BCUT2D eigenvalue weighted by Gasteiger charge is 2.10. The third-order valence-corrected chi connectivity index (χ3v) is 3.79. The van der Waals surface area contributed by atoms with Crippen molar-refractivity contribution in [2.45, 2.75) is 26.3 Å². The summed E-state index contributed by atoms with van der Waals surface area (Å²) in [6, 6.07) is 8.50. The molecule has 2 rings (SSSR count). The van der Waals surface area contributed by atoms with Gasteiger partial charge >= 0.3 is 5.97 Å². The number of aromatic nitrogens is 1. The zero-order valence-corrected chi connectivity index (χ0v) is 12.7. The summed E-state index contributed by atoms with van der Waals surface area (Å²) in [4.78, 5) is 15.5. The Kier molecular flexibility index (Phi) is 4.74. The number of nitrogens with one attached hydrogen (secondary N) is 1. The fraction of sp³-hybridized carbons (Fsp3) is 0.333. The molecule has 1 aromatic heterocycles. The molecule has 0 radical (unpaired) electrons. The van der Waals surface area contributed by atoms with E-state index in [0.29, 0.717) is 18.2 Å². The van der Waals surface area contributed by atoms with Crippen LogP contribution in [0.4, 0.5) is 5.13 Å². The first kappa shape index (κ1) is 14.5. The molecule has 2 aromatic rings. The quantitative estimate of drug-likeness (QED) is 0.854. The minimum Gasteiger partial charge on any atom is -0.464 e. The van der Waals surface area contributed by atoms with Crippen LogP contribution in [0.25, 0.3) is 0 Å². The van der Waals surface area contributed by atoms with Crippen LogP contribution in [-0.4, -0.2) is 18.1 Å². The average molecular weight is 290 g/mol. The van der Waals surface area contributed by atoms with Crippen molar-refractivity contribution in [1.82, 2.24) is 4.98 Å². The Morgan fingerprint density at radius 1 is 1.35 bits per heavy atom. The molecule has 0 spiro atoms. The fourth-order valence-electron chi connectivity index (χ4n) is 1.75. The molecule has 0 saturated carbocycles. The zero-order chi connectivity index (χ0) is 14.5. The van der Waals surface area contributed by atoms with Crippen LogP contribution in [0.3, 0.4) is 0 Å². The van der Waals surface area contributed by atoms with E-state index in [-0.39, 0.29) is 0 Å². The van der Waals surface area contributed by atoms with Gasteiger partial charge in [0, 0.05) is 11.9 Å². The molecule has 0 atom stereocenters. The standard InChI is InChI=1S/C15H18N2O2S/c1-10(2)12-6-4-11(5-7-12)8-16-15-17-13(9-20-15)14(18)19-3/h4-7,9-10H,8H2,1-3H3,(H,16,17). The van der Waals surface area contributed by atoms with Crippen LogP contribution in [0.5, 0.6) is 0 Å². The highest BCUT2D eigenvalue weighted by molar-refractivity contribution is 7.13. The molecule has 1 heterocycles. The van der Waals surface area contributed by atoms with Crippen molar-refractivity contribution in [1.29, 1.82) is 0 Å². The van der Waals surface area contributed by atoms with Gasteiger partial charge in [0.05, 0.1) is 7.11 Å². The summed E-state index contributed by atoms with van der Waals surface area (Å²) in [6.07, 6.45) is 0. The third-order valence-electron chi connectivity index (χ3n) is 2.99. The van der Waals surface area contributed by atoms with Crippen LogP contribution in [0.1, 0.15) is 41.4 Å². The van der Waals surface area contributed by atoms with Gasteiger partial charge in [0.25, 0.3) is 0 Å². The summed E-state index contributed by atoms with van der Waals surface area (Å²) in [5.41, 5.74) is 2.86. The molecule has 4 nitrogen and oxygen atoms in total. The largest absolute Gasteiger partial charge is 0.464 e. The Morgan fingerprint density at radius 2 is 2.05 bits per heavy atom. The van der Waals surface area contributed by atoms with Crippen molar-refractivity contribution < 1.29 is 9.53 Å². The number of anilines is 1. The summed E-state index contributed by atoms with van der Waals surface area (Å²) in [6.45, 7) is 5.04. The molecule has 0 aliphatic rings. The van der Waals surface area contributed by atoms with E-state index in [4.69, 9.17) is 0 Å². The van der Waals surface area contributed by atoms with Gasteiger partial charge < -0.3 is 10.1 Å². The van der Waals surface area contributed by atoms with Crippen molar-refractivity contribution in [3.63, 3.8) is 0 Å². The average Bonchev–Trinajstić information content (AvgIpc) is 2.93. The SMILES string of the molecule is COC(=O)c1csc(NCc2ccc(C(C)C)cc2)n1. The van der Waals surface area contributed by atoms with Crippen molar-refractivity contribution in [3.8, 4) is 0 Å². The minimum absolute atomic E-state index is 0.343. The second kappa shape index (κ2) is 6.52.